The average Bonchev–Trinajstić information content (AvgIpc) is 2.71. The number of nitrogens with zero attached hydrogens (tertiary/aromatic N) is 1. The number of nitrogens with one attached hydrogen (secondary N) is 2. The van der Waals surface area contributed by atoms with Crippen molar-refractivity contribution in [2.24, 2.45) is 4.99 Å². The molecule has 2 N–H and O–H groups in total. The molecule has 0 spiro atoms. The van der Waals surface area contributed by atoms with Crippen molar-refractivity contribution in [1.82, 2.24) is 10.6 Å². The Bertz CT molecular complexity index is 322. The van der Waals surface area contributed by atoms with Crippen molar-refractivity contribution in [3.63, 3.8) is 0 Å². The predicted octanol–water partition coefficient (Wildman–Crippen LogP) is 1.05. The third-order valence-electron chi connectivity index (χ3n) is 1.62. The maximum Gasteiger partial charge on any atom is 0.192 e. The van der Waals surface area contributed by atoms with Gasteiger partial charge < -0.3 is 10.6 Å². The molecule has 0 unspecified atom stereocenters. The summed E-state index contributed by atoms with van der Waals surface area (Å²) in [5, 5.41) is 10.3. The van der Waals surface area contributed by atoms with Crippen LogP contribution in [0.1, 0.15) is 5.56 Å². The van der Waals surface area contributed by atoms with E-state index in [-0.39, 0.29) is 0 Å². The van der Waals surface area contributed by atoms with E-state index in [9.17, 15) is 0 Å². The maximum absolute atomic E-state index is 5.13. The molecule has 0 amide bonds. The van der Waals surface area contributed by atoms with E-state index < -0.39 is 0 Å². The fraction of sp³-hybridized carbons (Fsp3) is 0.300. The summed E-state index contributed by atoms with van der Waals surface area (Å²) in [4.78, 5) is 4.03. The van der Waals surface area contributed by atoms with Crippen LogP contribution in [0.15, 0.2) is 21.8 Å². The van der Waals surface area contributed by atoms with Gasteiger partial charge in [0.1, 0.15) is 0 Å². The third kappa shape index (κ3) is 3.50. The van der Waals surface area contributed by atoms with Crippen LogP contribution in [0.4, 0.5) is 0 Å². The minimum absolute atomic E-state index is 0.489. The van der Waals surface area contributed by atoms with Gasteiger partial charge in [0.15, 0.2) is 5.96 Å². The molecule has 0 aliphatic heterocycles. The van der Waals surface area contributed by atoms with Crippen LogP contribution >= 0.6 is 11.3 Å². The quantitative estimate of drug-likeness (QED) is 0.441. The zero-order chi connectivity index (χ0) is 10.2. The van der Waals surface area contributed by atoms with Crippen molar-refractivity contribution in [2.75, 3.05) is 13.6 Å². The second-order valence-corrected chi connectivity index (χ2v) is 3.40. The molecule has 0 aromatic carbocycles. The van der Waals surface area contributed by atoms with E-state index in [1.807, 2.05) is 0 Å². The molecule has 0 radical (unpaired) electrons. The van der Waals surface area contributed by atoms with E-state index in [4.69, 9.17) is 6.42 Å². The van der Waals surface area contributed by atoms with E-state index in [0.717, 1.165) is 12.5 Å². The van der Waals surface area contributed by atoms with Crippen molar-refractivity contribution in [1.29, 1.82) is 0 Å². The van der Waals surface area contributed by atoms with E-state index in [1.165, 1.54) is 5.56 Å². The molecule has 1 heterocycles. The molecule has 1 aromatic rings. The Labute approximate surface area is 88.3 Å². The first-order valence-electron chi connectivity index (χ1n) is 4.26. The second kappa shape index (κ2) is 6.06. The van der Waals surface area contributed by atoms with Gasteiger partial charge in [0, 0.05) is 13.6 Å². The Balaban J connectivity index is 2.32. The van der Waals surface area contributed by atoms with E-state index >= 15 is 0 Å². The first-order valence-corrected chi connectivity index (χ1v) is 5.20. The minimum atomic E-state index is 0.489. The summed E-state index contributed by atoms with van der Waals surface area (Å²) in [6, 6.07) is 2.08. The molecule has 0 atom stereocenters. The lowest BCUT2D eigenvalue weighted by Gasteiger charge is -2.08. The molecule has 0 fully saturated rings. The first-order chi connectivity index (χ1) is 6.86. The van der Waals surface area contributed by atoms with Crippen LogP contribution in [0.25, 0.3) is 0 Å². The molecule has 14 heavy (non-hydrogen) atoms. The summed E-state index contributed by atoms with van der Waals surface area (Å²) in [5.74, 6) is 3.23. The molecule has 0 saturated heterocycles. The summed E-state index contributed by atoms with van der Waals surface area (Å²) in [5.41, 5.74) is 1.25. The lowest BCUT2D eigenvalue weighted by molar-refractivity contribution is 0.854. The van der Waals surface area contributed by atoms with Crippen LogP contribution in [-0.2, 0) is 6.54 Å². The number of aliphatic imine (C=N–C) groups is 1. The molecule has 3 nitrogen and oxygen atoms in total. The summed E-state index contributed by atoms with van der Waals surface area (Å²) in [6.07, 6.45) is 5.13. The van der Waals surface area contributed by atoms with Gasteiger partial charge in [-0.1, -0.05) is 5.92 Å². The summed E-state index contributed by atoms with van der Waals surface area (Å²) in [7, 11) is 1.72. The normalized spacial score (nSPS) is 10.7. The van der Waals surface area contributed by atoms with Crippen LogP contribution in [0.2, 0.25) is 0 Å². The van der Waals surface area contributed by atoms with Gasteiger partial charge in [0.05, 0.1) is 6.54 Å². The highest BCUT2D eigenvalue weighted by Gasteiger charge is 1.96. The average molecular weight is 207 g/mol. The molecule has 4 heteroatoms. The van der Waals surface area contributed by atoms with Gasteiger partial charge in [0.25, 0.3) is 0 Å². The molecule has 0 aliphatic rings. The molecule has 0 saturated carbocycles. The molecule has 1 aromatic heterocycles. The zero-order valence-corrected chi connectivity index (χ0v) is 8.90. The number of thiophene rings is 1. The fourth-order valence-electron chi connectivity index (χ4n) is 0.934. The van der Waals surface area contributed by atoms with E-state index in [2.05, 4.69) is 38.4 Å². The number of hydrogen-bond acceptors (Lipinski definition) is 2. The Morgan fingerprint density at radius 1 is 1.64 bits per heavy atom. The summed E-state index contributed by atoms with van der Waals surface area (Å²) in [6.45, 7) is 1.26. The number of hydrogen-bond donors (Lipinski definition) is 2. The smallest absolute Gasteiger partial charge is 0.192 e. The van der Waals surface area contributed by atoms with E-state index in [0.29, 0.717) is 6.54 Å². The summed E-state index contributed by atoms with van der Waals surface area (Å²) < 4.78 is 0. The fourth-order valence-corrected chi connectivity index (χ4v) is 1.60. The highest BCUT2D eigenvalue weighted by Crippen LogP contribution is 2.04. The van der Waals surface area contributed by atoms with Crippen molar-refractivity contribution >= 4 is 17.3 Å². The summed E-state index contributed by atoms with van der Waals surface area (Å²) >= 11 is 1.68. The van der Waals surface area contributed by atoms with Crippen LogP contribution in [0.3, 0.4) is 0 Å². The SMILES string of the molecule is C#CCNC(=NC)NCc1ccsc1. The topological polar surface area (TPSA) is 36.4 Å². The Morgan fingerprint density at radius 2 is 2.50 bits per heavy atom. The number of terminal acetylenes is 1. The third-order valence-corrected chi connectivity index (χ3v) is 2.35. The molecule has 74 valence electrons. The lowest BCUT2D eigenvalue weighted by atomic mass is 10.3. The molecule has 0 aliphatic carbocycles. The van der Waals surface area contributed by atoms with Gasteiger partial charge in [-0.15, -0.1) is 6.42 Å². The number of guanidine groups is 1. The van der Waals surface area contributed by atoms with Crippen molar-refractivity contribution in [2.45, 2.75) is 6.54 Å². The van der Waals surface area contributed by atoms with Gasteiger partial charge in [-0.25, -0.2) is 0 Å². The van der Waals surface area contributed by atoms with Crippen LogP contribution < -0.4 is 10.6 Å². The van der Waals surface area contributed by atoms with Gasteiger partial charge in [-0.05, 0) is 22.4 Å². The molecular weight excluding hydrogens is 194 g/mol. The van der Waals surface area contributed by atoms with Crippen LogP contribution in [0, 0.1) is 12.3 Å². The largest absolute Gasteiger partial charge is 0.352 e. The van der Waals surface area contributed by atoms with Crippen molar-refractivity contribution in [3.8, 4) is 12.3 Å². The highest BCUT2D eigenvalue weighted by atomic mass is 32.1. The zero-order valence-electron chi connectivity index (χ0n) is 8.08. The Hall–Kier alpha value is -1.47. The molecule has 1 rings (SSSR count). The maximum atomic E-state index is 5.13. The molecule has 0 bridgehead atoms. The second-order valence-electron chi connectivity index (χ2n) is 2.62. The standard InChI is InChI=1S/C10H13N3S/c1-3-5-12-10(11-2)13-7-9-4-6-14-8-9/h1,4,6,8H,5,7H2,2H3,(H2,11,12,13). The van der Waals surface area contributed by atoms with Gasteiger partial charge >= 0.3 is 0 Å². The lowest BCUT2D eigenvalue weighted by Crippen LogP contribution is -2.36. The van der Waals surface area contributed by atoms with Crippen molar-refractivity contribution in [3.05, 3.63) is 22.4 Å². The highest BCUT2D eigenvalue weighted by molar-refractivity contribution is 7.07. The minimum Gasteiger partial charge on any atom is -0.352 e. The number of rotatable bonds is 3. The van der Waals surface area contributed by atoms with Gasteiger partial charge in [-0.2, -0.15) is 11.3 Å². The predicted molar refractivity (Wildman–Crippen MR) is 61.4 cm³/mol. The Kier molecular flexibility index (Phi) is 4.59. The van der Waals surface area contributed by atoms with Gasteiger partial charge in [0.2, 0.25) is 0 Å². The van der Waals surface area contributed by atoms with E-state index in [1.54, 1.807) is 18.4 Å². The van der Waals surface area contributed by atoms with Crippen LogP contribution in [0.5, 0.6) is 0 Å². The monoisotopic (exact) mass is 207 g/mol. The first kappa shape index (κ1) is 10.6. The Morgan fingerprint density at radius 3 is 3.07 bits per heavy atom. The van der Waals surface area contributed by atoms with Crippen LogP contribution in [-0.4, -0.2) is 19.6 Å². The molecular formula is C10H13N3S. The van der Waals surface area contributed by atoms with Gasteiger partial charge in [-0.3, -0.25) is 4.99 Å². The van der Waals surface area contributed by atoms with Crippen molar-refractivity contribution < 1.29 is 0 Å².